The van der Waals surface area contributed by atoms with Crippen LogP contribution in [-0.2, 0) is 0 Å². The number of nitrogens with one attached hydrogen (secondary N) is 1. The Kier molecular flexibility index (Phi) is 7.50. The highest BCUT2D eigenvalue weighted by Crippen LogP contribution is 2.29. The first-order valence-corrected chi connectivity index (χ1v) is 11.1. The third-order valence-corrected chi connectivity index (χ3v) is 5.07. The number of benzene rings is 3. The van der Waals surface area contributed by atoms with E-state index in [0.29, 0.717) is 29.4 Å². The Hall–Kier alpha value is -4.79. The lowest BCUT2D eigenvalue weighted by Gasteiger charge is -2.11. The first-order valence-electron chi connectivity index (χ1n) is 11.1. The fraction of sp³-hybridized carbons (Fsp3) is 0.111. The van der Waals surface area contributed by atoms with E-state index in [0.717, 1.165) is 5.56 Å². The number of rotatable bonds is 8. The number of ether oxygens (including phenoxy) is 2. The highest BCUT2D eigenvalue weighted by Gasteiger charge is 2.21. The van der Waals surface area contributed by atoms with Crippen LogP contribution < -0.4 is 14.9 Å². The molecule has 9 heteroatoms. The second kappa shape index (κ2) is 11.1. The molecule has 0 unspecified atom stereocenters. The van der Waals surface area contributed by atoms with Gasteiger partial charge in [-0.25, -0.2) is 14.6 Å². The summed E-state index contributed by atoms with van der Waals surface area (Å²) in [6.45, 7) is 3.77. The molecule has 0 aliphatic heterocycles. The van der Waals surface area contributed by atoms with E-state index in [1.807, 2.05) is 30.3 Å². The normalized spacial score (nSPS) is 10.9. The van der Waals surface area contributed by atoms with Gasteiger partial charge in [0.15, 0.2) is 11.5 Å². The van der Waals surface area contributed by atoms with Gasteiger partial charge < -0.3 is 14.0 Å². The number of amides is 1. The van der Waals surface area contributed by atoms with Crippen molar-refractivity contribution in [3.63, 3.8) is 0 Å². The molecule has 1 aromatic heterocycles. The molecule has 0 bridgehead atoms. The van der Waals surface area contributed by atoms with E-state index in [-0.39, 0.29) is 16.9 Å². The molecule has 36 heavy (non-hydrogen) atoms. The van der Waals surface area contributed by atoms with Crippen LogP contribution in [0.5, 0.6) is 11.5 Å². The molecule has 1 heterocycles. The number of carbonyl (C=O) groups excluding carboxylic acids is 2. The maximum atomic E-state index is 13.1. The van der Waals surface area contributed by atoms with Crippen LogP contribution in [0.25, 0.3) is 11.3 Å². The summed E-state index contributed by atoms with van der Waals surface area (Å²) in [6.07, 6.45) is 1.43. The number of esters is 1. The van der Waals surface area contributed by atoms with Crippen LogP contribution in [0.4, 0.5) is 4.39 Å². The predicted molar refractivity (Wildman–Crippen MR) is 131 cm³/mol. The van der Waals surface area contributed by atoms with E-state index in [1.165, 1.54) is 30.5 Å². The Bertz CT molecular complexity index is 1400. The highest BCUT2D eigenvalue weighted by atomic mass is 19.1. The molecule has 182 valence electrons. The van der Waals surface area contributed by atoms with Gasteiger partial charge in [-0.1, -0.05) is 35.5 Å². The van der Waals surface area contributed by atoms with Crippen molar-refractivity contribution in [2.24, 2.45) is 5.10 Å². The zero-order chi connectivity index (χ0) is 25.5. The van der Waals surface area contributed by atoms with E-state index in [2.05, 4.69) is 15.7 Å². The molecule has 0 atom stereocenters. The number of halogens is 1. The molecular formula is C27H22FN3O5. The van der Waals surface area contributed by atoms with E-state index in [4.69, 9.17) is 14.0 Å². The van der Waals surface area contributed by atoms with Gasteiger partial charge in [-0.3, -0.25) is 4.79 Å². The smallest absolute Gasteiger partial charge is 0.343 e. The third kappa shape index (κ3) is 5.64. The lowest BCUT2D eigenvalue weighted by Crippen LogP contribution is -2.18. The molecule has 4 aromatic rings. The summed E-state index contributed by atoms with van der Waals surface area (Å²) in [5, 5.41) is 8.03. The number of hydrogen-bond acceptors (Lipinski definition) is 7. The Morgan fingerprint density at radius 2 is 1.81 bits per heavy atom. The van der Waals surface area contributed by atoms with Crippen molar-refractivity contribution in [2.75, 3.05) is 6.61 Å². The van der Waals surface area contributed by atoms with Gasteiger partial charge >= 0.3 is 5.97 Å². The molecule has 4 rings (SSSR count). The van der Waals surface area contributed by atoms with Crippen molar-refractivity contribution in [2.45, 2.75) is 13.8 Å². The van der Waals surface area contributed by atoms with Crippen molar-refractivity contribution in [3.05, 3.63) is 101 Å². The van der Waals surface area contributed by atoms with E-state index >= 15 is 0 Å². The van der Waals surface area contributed by atoms with Gasteiger partial charge in [0.25, 0.3) is 5.91 Å². The van der Waals surface area contributed by atoms with Crippen molar-refractivity contribution >= 4 is 18.1 Å². The molecular weight excluding hydrogens is 465 g/mol. The van der Waals surface area contributed by atoms with Gasteiger partial charge in [-0.15, -0.1) is 0 Å². The zero-order valence-corrected chi connectivity index (χ0v) is 19.5. The molecule has 0 aliphatic rings. The molecule has 0 radical (unpaired) electrons. The van der Waals surface area contributed by atoms with Gasteiger partial charge in [-0.2, -0.15) is 5.10 Å². The molecule has 0 fully saturated rings. The van der Waals surface area contributed by atoms with Crippen molar-refractivity contribution < 1.29 is 28.0 Å². The maximum absolute atomic E-state index is 13.1. The summed E-state index contributed by atoms with van der Waals surface area (Å²) in [5.74, 6) is -0.702. The monoisotopic (exact) mass is 487 g/mol. The fourth-order valence-electron chi connectivity index (χ4n) is 3.36. The van der Waals surface area contributed by atoms with Crippen LogP contribution in [0.2, 0.25) is 0 Å². The van der Waals surface area contributed by atoms with Crippen LogP contribution in [0, 0.1) is 12.7 Å². The van der Waals surface area contributed by atoms with Gasteiger partial charge in [0.05, 0.1) is 18.4 Å². The van der Waals surface area contributed by atoms with Gasteiger partial charge in [0.1, 0.15) is 22.8 Å². The number of hydrogen-bond donors (Lipinski definition) is 1. The summed E-state index contributed by atoms with van der Waals surface area (Å²) in [5.41, 5.74) is 4.73. The predicted octanol–water partition coefficient (Wildman–Crippen LogP) is 5.17. The van der Waals surface area contributed by atoms with Gasteiger partial charge in [0.2, 0.25) is 0 Å². The standard InChI is InChI=1S/C27H22FN3O5/c1-3-34-23-15-18(9-14-22(23)35-27(33)20-10-12-21(28)13-11-20)16-29-30-26(32)24-17(2)36-31-25(24)19-7-5-4-6-8-19/h4-16H,3H2,1-2H3,(H,30,32)/b29-16-. The number of nitrogens with zero attached hydrogens (tertiary/aromatic N) is 2. The minimum atomic E-state index is -0.650. The van der Waals surface area contributed by atoms with Crippen molar-refractivity contribution in [1.29, 1.82) is 0 Å². The van der Waals surface area contributed by atoms with Gasteiger partial charge in [-0.05, 0) is 61.9 Å². The summed E-state index contributed by atoms with van der Waals surface area (Å²) >= 11 is 0. The SMILES string of the molecule is CCOc1cc(/C=N\NC(=O)c2c(-c3ccccc3)noc2C)ccc1OC(=O)c1ccc(F)cc1. The third-order valence-electron chi connectivity index (χ3n) is 5.07. The maximum Gasteiger partial charge on any atom is 0.343 e. The van der Waals surface area contributed by atoms with E-state index < -0.39 is 17.7 Å². The van der Waals surface area contributed by atoms with Crippen LogP contribution in [-0.4, -0.2) is 29.9 Å². The largest absolute Gasteiger partial charge is 0.490 e. The first-order chi connectivity index (χ1) is 17.5. The zero-order valence-electron chi connectivity index (χ0n) is 19.5. The molecule has 0 saturated carbocycles. The quantitative estimate of drug-likeness (QED) is 0.159. The molecule has 0 saturated heterocycles. The number of carbonyl (C=O) groups is 2. The van der Waals surface area contributed by atoms with Gasteiger partial charge in [0, 0.05) is 5.56 Å². The highest BCUT2D eigenvalue weighted by molar-refractivity contribution is 6.01. The lowest BCUT2D eigenvalue weighted by molar-refractivity contribution is 0.0728. The summed E-state index contributed by atoms with van der Waals surface area (Å²) in [7, 11) is 0. The fourth-order valence-corrected chi connectivity index (χ4v) is 3.36. The average Bonchev–Trinajstić information content (AvgIpc) is 3.28. The Labute approximate surface area is 206 Å². The second-order valence-electron chi connectivity index (χ2n) is 7.56. The molecule has 0 aliphatic carbocycles. The number of hydrazone groups is 1. The lowest BCUT2D eigenvalue weighted by atomic mass is 10.1. The molecule has 8 nitrogen and oxygen atoms in total. The summed E-state index contributed by atoms with van der Waals surface area (Å²) < 4.78 is 29.4. The Morgan fingerprint density at radius 3 is 2.53 bits per heavy atom. The van der Waals surface area contributed by atoms with Crippen LogP contribution >= 0.6 is 0 Å². The van der Waals surface area contributed by atoms with Crippen molar-refractivity contribution in [3.8, 4) is 22.8 Å². The first kappa shape index (κ1) is 24.3. The van der Waals surface area contributed by atoms with Crippen LogP contribution in [0.3, 0.4) is 0 Å². The molecule has 0 spiro atoms. The minimum Gasteiger partial charge on any atom is -0.490 e. The summed E-state index contributed by atoms with van der Waals surface area (Å²) in [4.78, 5) is 25.2. The summed E-state index contributed by atoms with van der Waals surface area (Å²) in [6, 6.07) is 19.1. The molecule has 1 amide bonds. The van der Waals surface area contributed by atoms with E-state index in [1.54, 1.807) is 32.0 Å². The van der Waals surface area contributed by atoms with E-state index in [9.17, 15) is 14.0 Å². The topological polar surface area (TPSA) is 103 Å². The molecule has 3 aromatic carbocycles. The second-order valence-corrected chi connectivity index (χ2v) is 7.56. The number of aromatic nitrogens is 1. The molecule has 1 N–H and O–H groups in total. The van der Waals surface area contributed by atoms with Crippen LogP contribution in [0.1, 0.15) is 39.0 Å². The minimum absolute atomic E-state index is 0.194. The van der Waals surface area contributed by atoms with Crippen LogP contribution in [0.15, 0.2) is 82.4 Å². The number of aryl methyl sites for hydroxylation is 1. The average molecular weight is 487 g/mol. The Morgan fingerprint density at radius 1 is 1.06 bits per heavy atom. The Balaban J connectivity index is 1.47. The van der Waals surface area contributed by atoms with Crippen molar-refractivity contribution in [1.82, 2.24) is 10.6 Å².